The zero-order chi connectivity index (χ0) is 20.5. The van der Waals surface area contributed by atoms with Gasteiger partial charge in [-0.25, -0.2) is 9.59 Å². The average Bonchev–Trinajstić information content (AvgIpc) is 2.59. The lowest BCUT2D eigenvalue weighted by Gasteiger charge is -2.47. The first-order valence-corrected chi connectivity index (χ1v) is 9.18. The fraction of sp³-hybridized carbons (Fsp3) is 0.579. The van der Waals surface area contributed by atoms with E-state index in [0.717, 1.165) is 0 Å². The molecule has 0 aromatic heterocycles. The molecule has 3 rings (SSSR count). The van der Waals surface area contributed by atoms with Crippen LogP contribution in [0.15, 0.2) is 24.3 Å². The highest BCUT2D eigenvalue weighted by Gasteiger charge is 2.44. The number of esters is 1. The Kier molecular flexibility index (Phi) is 5.55. The average molecular weight is 392 g/mol. The van der Waals surface area contributed by atoms with Gasteiger partial charge in [0, 0.05) is 25.0 Å². The van der Waals surface area contributed by atoms with Crippen molar-refractivity contribution in [1.29, 1.82) is 0 Å². The lowest BCUT2D eigenvalue weighted by atomic mass is 9.92. The minimum atomic E-state index is -0.592. The first-order valence-electron chi connectivity index (χ1n) is 9.18. The van der Waals surface area contributed by atoms with Gasteiger partial charge in [0.25, 0.3) is 5.69 Å². The molecule has 2 fully saturated rings. The molecule has 0 spiro atoms. The maximum Gasteiger partial charge on any atom is 0.410 e. The molecule has 1 aromatic carbocycles. The van der Waals surface area contributed by atoms with Crippen molar-refractivity contribution in [2.24, 2.45) is 0 Å². The third-order valence-electron chi connectivity index (χ3n) is 4.67. The summed E-state index contributed by atoms with van der Waals surface area (Å²) in [4.78, 5) is 36.8. The fourth-order valence-corrected chi connectivity index (χ4v) is 3.51. The standard InChI is InChI=1S/C19H24N2O7/c1-19(2,3)28-18(23)20-14-8-16(9-15(20)11-26-10-14)27-17(22)12-4-6-13(7-5-12)21(24)25/h4-7,14-16H,8-11H2,1-3H3/t14-,15+,16?. The Labute approximate surface area is 162 Å². The maximum atomic E-state index is 12.5. The van der Waals surface area contributed by atoms with Gasteiger partial charge >= 0.3 is 12.1 Å². The molecule has 1 aromatic rings. The van der Waals surface area contributed by atoms with Crippen LogP contribution in [0.2, 0.25) is 0 Å². The minimum Gasteiger partial charge on any atom is -0.459 e. The Morgan fingerprint density at radius 3 is 2.21 bits per heavy atom. The molecule has 0 saturated carbocycles. The van der Waals surface area contributed by atoms with Crippen LogP contribution < -0.4 is 0 Å². The highest BCUT2D eigenvalue weighted by molar-refractivity contribution is 5.89. The lowest BCUT2D eigenvalue weighted by Crippen LogP contribution is -2.61. The van der Waals surface area contributed by atoms with Crippen molar-refractivity contribution < 1.29 is 28.7 Å². The van der Waals surface area contributed by atoms with E-state index in [0.29, 0.717) is 26.1 Å². The first kappa shape index (κ1) is 20.1. The van der Waals surface area contributed by atoms with E-state index in [9.17, 15) is 19.7 Å². The molecule has 2 saturated heterocycles. The molecule has 9 heteroatoms. The molecule has 2 aliphatic heterocycles. The van der Waals surface area contributed by atoms with Crippen LogP contribution in [0.5, 0.6) is 0 Å². The molecule has 0 radical (unpaired) electrons. The van der Waals surface area contributed by atoms with Gasteiger partial charge in [0.2, 0.25) is 0 Å². The summed E-state index contributed by atoms with van der Waals surface area (Å²) >= 11 is 0. The van der Waals surface area contributed by atoms with Crippen molar-refractivity contribution >= 4 is 17.7 Å². The zero-order valence-corrected chi connectivity index (χ0v) is 16.1. The van der Waals surface area contributed by atoms with E-state index in [4.69, 9.17) is 14.2 Å². The van der Waals surface area contributed by atoms with Crippen molar-refractivity contribution in [2.75, 3.05) is 13.2 Å². The van der Waals surface area contributed by atoms with Crippen LogP contribution in [-0.2, 0) is 14.2 Å². The number of nitrogens with zero attached hydrogens (tertiary/aromatic N) is 2. The van der Waals surface area contributed by atoms with E-state index in [1.807, 2.05) is 20.8 Å². The molecule has 1 amide bonds. The van der Waals surface area contributed by atoms with Crippen LogP contribution in [0.1, 0.15) is 44.0 Å². The molecule has 0 N–H and O–H groups in total. The summed E-state index contributed by atoms with van der Waals surface area (Å²) in [5, 5.41) is 10.7. The Balaban J connectivity index is 1.64. The molecule has 9 nitrogen and oxygen atoms in total. The second kappa shape index (κ2) is 7.75. The summed E-state index contributed by atoms with van der Waals surface area (Å²) in [6, 6.07) is 4.84. The number of hydrogen-bond acceptors (Lipinski definition) is 7. The maximum absolute atomic E-state index is 12.5. The number of nitro groups is 1. The third kappa shape index (κ3) is 4.59. The normalized spacial score (nSPS) is 24.4. The van der Waals surface area contributed by atoms with E-state index in [2.05, 4.69) is 0 Å². The highest BCUT2D eigenvalue weighted by atomic mass is 16.6. The van der Waals surface area contributed by atoms with Gasteiger partial charge < -0.3 is 14.2 Å². The van der Waals surface area contributed by atoms with Crippen LogP contribution in [-0.4, -0.2) is 58.9 Å². The van der Waals surface area contributed by atoms with E-state index in [-0.39, 0.29) is 35.5 Å². The predicted octanol–water partition coefficient (Wildman–Crippen LogP) is 2.92. The second-order valence-corrected chi connectivity index (χ2v) is 8.04. The smallest absolute Gasteiger partial charge is 0.410 e. The number of carbonyl (C=O) groups is 2. The number of ether oxygens (including phenoxy) is 3. The number of hydrogen-bond donors (Lipinski definition) is 0. The van der Waals surface area contributed by atoms with Crippen LogP contribution in [0.4, 0.5) is 10.5 Å². The third-order valence-corrected chi connectivity index (χ3v) is 4.67. The number of amides is 1. The summed E-state index contributed by atoms with van der Waals surface area (Å²) in [5.74, 6) is -0.537. The number of non-ortho nitro benzene ring substituents is 1. The van der Waals surface area contributed by atoms with E-state index in [1.165, 1.54) is 24.3 Å². The number of benzene rings is 1. The summed E-state index contributed by atoms with van der Waals surface area (Å²) in [6.07, 6.45) is 0.161. The number of rotatable bonds is 3. The summed E-state index contributed by atoms with van der Waals surface area (Å²) in [5.41, 5.74) is -0.429. The topological polar surface area (TPSA) is 108 Å². The molecule has 1 unspecified atom stereocenters. The van der Waals surface area contributed by atoms with Crippen molar-refractivity contribution in [2.45, 2.75) is 57.4 Å². The Hall–Kier alpha value is -2.68. The molecule has 2 aliphatic rings. The van der Waals surface area contributed by atoms with Crippen molar-refractivity contribution in [3.8, 4) is 0 Å². The van der Waals surface area contributed by atoms with Gasteiger partial charge in [0.1, 0.15) is 11.7 Å². The van der Waals surface area contributed by atoms with Gasteiger partial charge in [-0.1, -0.05) is 0 Å². The predicted molar refractivity (Wildman–Crippen MR) is 98.0 cm³/mol. The highest BCUT2D eigenvalue weighted by Crippen LogP contribution is 2.31. The Morgan fingerprint density at radius 2 is 1.71 bits per heavy atom. The summed E-state index contributed by atoms with van der Waals surface area (Å²) in [7, 11) is 0. The van der Waals surface area contributed by atoms with Crippen LogP contribution >= 0.6 is 0 Å². The SMILES string of the molecule is CC(C)(C)OC(=O)N1[C@@H]2COC[C@H]1CC(OC(=O)c1ccc([N+](=O)[O-])cc1)C2. The Morgan fingerprint density at radius 1 is 1.14 bits per heavy atom. The van der Waals surface area contributed by atoms with Gasteiger partial charge in [-0.2, -0.15) is 0 Å². The summed E-state index contributed by atoms with van der Waals surface area (Å²) < 4.78 is 16.7. The van der Waals surface area contributed by atoms with Gasteiger partial charge in [0.15, 0.2) is 0 Å². The molecular formula is C19H24N2O7. The van der Waals surface area contributed by atoms with Gasteiger partial charge in [-0.15, -0.1) is 0 Å². The molecule has 0 aliphatic carbocycles. The monoisotopic (exact) mass is 392 g/mol. The molecular weight excluding hydrogens is 368 g/mol. The van der Waals surface area contributed by atoms with Gasteiger partial charge in [-0.05, 0) is 32.9 Å². The number of piperidine rings is 1. The molecule has 2 heterocycles. The van der Waals surface area contributed by atoms with Crippen molar-refractivity contribution in [1.82, 2.24) is 4.90 Å². The van der Waals surface area contributed by atoms with Gasteiger partial charge in [0.05, 0.1) is 35.8 Å². The number of fused-ring (bicyclic) bond motifs is 2. The second-order valence-electron chi connectivity index (χ2n) is 8.04. The summed E-state index contributed by atoms with van der Waals surface area (Å²) in [6.45, 7) is 6.17. The molecule has 152 valence electrons. The number of morpholine rings is 1. The van der Waals surface area contributed by atoms with E-state index >= 15 is 0 Å². The van der Waals surface area contributed by atoms with Gasteiger partial charge in [-0.3, -0.25) is 15.0 Å². The van der Waals surface area contributed by atoms with E-state index in [1.54, 1.807) is 4.90 Å². The van der Waals surface area contributed by atoms with Crippen molar-refractivity contribution in [3.05, 3.63) is 39.9 Å². The molecule has 2 bridgehead atoms. The Bertz CT molecular complexity index is 743. The minimum absolute atomic E-state index is 0.0890. The first-order chi connectivity index (χ1) is 13.1. The fourth-order valence-electron chi connectivity index (χ4n) is 3.51. The van der Waals surface area contributed by atoms with Crippen molar-refractivity contribution in [3.63, 3.8) is 0 Å². The molecule has 3 atom stereocenters. The van der Waals surface area contributed by atoms with E-state index < -0.39 is 16.5 Å². The largest absolute Gasteiger partial charge is 0.459 e. The van der Waals surface area contributed by atoms with Crippen LogP contribution in [0, 0.1) is 10.1 Å². The number of carbonyl (C=O) groups excluding carboxylic acids is 2. The number of nitro benzene ring substituents is 1. The lowest BCUT2D eigenvalue weighted by molar-refractivity contribution is -0.384. The van der Waals surface area contributed by atoms with Crippen LogP contribution in [0.3, 0.4) is 0 Å². The quantitative estimate of drug-likeness (QED) is 0.442. The zero-order valence-electron chi connectivity index (χ0n) is 16.1. The van der Waals surface area contributed by atoms with Crippen LogP contribution in [0.25, 0.3) is 0 Å². The molecule has 28 heavy (non-hydrogen) atoms.